The molecule has 0 saturated carbocycles. The van der Waals surface area contributed by atoms with Gasteiger partial charge in [-0.1, -0.05) is 41.9 Å². The molecule has 0 saturated heterocycles. The maximum absolute atomic E-state index is 14.3. The molecule has 0 amide bonds. The lowest BCUT2D eigenvalue weighted by molar-refractivity contribution is -0.384. The van der Waals surface area contributed by atoms with Crippen LogP contribution in [0, 0.1) is 22.9 Å². The maximum atomic E-state index is 14.3. The molecule has 0 N–H and O–H groups in total. The van der Waals surface area contributed by atoms with E-state index in [0.29, 0.717) is 11.8 Å². The third kappa shape index (κ3) is 2.64. The van der Waals surface area contributed by atoms with E-state index in [1.807, 2.05) is 0 Å². The number of aldehydes is 1. The quantitative estimate of drug-likeness (QED) is 0.485. The number of nitrogens with zero attached hydrogens (tertiary/aromatic N) is 1. The number of benzene rings is 2. The summed E-state index contributed by atoms with van der Waals surface area (Å²) in [6, 6.07) is 8.37. The third-order valence-electron chi connectivity index (χ3n) is 3.21. The number of nitro benzene ring substituents is 1. The first kappa shape index (κ1) is 15.1. The van der Waals surface area contributed by atoms with Gasteiger partial charge in [-0.05, 0) is 12.5 Å². The highest BCUT2D eigenvalue weighted by molar-refractivity contribution is 6.32. The SMILES string of the molecule is Cc1c(Cl)c(F)c(CC=O)c(-c2ccccc2)c1[N+](=O)[O-]. The first-order chi connectivity index (χ1) is 9.99. The van der Waals surface area contributed by atoms with E-state index in [0.717, 1.165) is 0 Å². The monoisotopic (exact) mass is 307 g/mol. The van der Waals surface area contributed by atoms with Gasteiger partial charge in [0.15, 0.2) is 0 Å². The summed E-state index contributed by atoms with van der Waals surface area (Å²) in [4.78, 5) is 21.6. The van der Waals surface area contributed by atoms with E-state index in [9.17, 15) is 19.3 Å². The molecule has 21 heavy (non-hydrogen) atoms. The van der Waals surface area contributed by atoms with Crippen molar-refractivity contribution < 1.29 is 14.1 Å². The van der Waals surface area contributed by atoms with Crippen LogP contribution in [0.25, 0.3) is 11.1 Å². The number of nitro groups is 1. The van der Waals surface area contributed by atoms with Crippen molar-refractivity contribution in [2.24, 2.45) is 0 Å². The molecule has 0 aliphatic carbocycles. The van der Waals surface area contributed by atoms with E-state index in [4.69, 9.17) is 11.6 Å². The molecule has 6 heteroatoms. The Morgan fingerprint density at radius 1 is 1.33 bits per heavy atom. The highest BCUT2D eigenvalue weighted by Crippen LogP contribution is 2.41. The maximum Gasteiger partial charge on any atom is 0.282 e. The van der Waals surface area contributed by atoms with Crippen LogP contribution in [-0.2, 0) is 11.2 Å². The predicted molar refractivity (Wildman–Crippen MR) is 78.0 cm³/mol. The molecule has 0 aliphatic rings. The number of hydrogen-bond donors (Lipinski definition) is 0. The summed E-state index contributed by atoms with van der Waals surface area (Å²) in [5.41, 5.74) is 0.294. The Labute approximate surface area is 125 Å². The number of rotatable bonds is 4. The van der Waals surface area contributed by atoms with E-state index in [1.165, 1.54) is 6.92 Å². The van der Waals surface area contributed by atoms with Gasteiger partial charge < -0.3 is 4.79 Å². The van der Waals surface area contributed by atoms with Gasteiger partial charge in [0.25, 0.3) is 5.69 Å². The molecule has 0 aliphatic heterocycles. The third-order valence-corrected chi connectivity index (χ3v) is 3.66. The number of halogens is 2. The predicted octanol–water partition coefficient (Wildman–Crippen LogP) is 4.10. The van der Waals surface area contributed by atoms with Crippen molar-refractivity contribution in [3.63, 3.8) is 0 Å². The Hall–Kier alpha value is -2.27. The smallest absolute Gasteiger partial charge is 0.282 e. The zero-order valence-corrected chi connectivity index (χ0v) is 11.9. The second-order valence-electron chi connectivity index (χ2n) is 4.45. The molecule has 4 nitrogen and oxygen atoms in total. The fraction of sp³-hybridized carbons (Fsp3) is 0.133. The minimum absolute atomic E-state index is 0.0488. The molecule has 0 bridgehead atoms. The van der Waals surface area contributed by atoms with E-state index >= 15 is 0 Å². The van der Waals surface area contributed by atoms with E-state index in [-0.39, 0.29) is 33.8 Å². The molecule has 2 aromatic rings. The first-order valence-electron chi connectivity index (χ1n) is 6.12. The lowest BCUT2D eigenvalue weighted by atomic mass is 9.93. The van der Waals surface area contributed by atoms with Crippen molar-refractivity contribution in [1.29, 1.82) is 0 Å². The van der Waals surface area contributed by atoms with Gasteiger partial charge in [0, 0.05) is 17.5 Å². The standard InChI is InChI=1S/C15H11ClFNO3/c1-9-13(16)14(17)11(7-8-19)12(15(9)18(20)21)10-5-3-2-4-6-10/h2-6,8H,7H2,1H3. The zero-order chi connectivity index (χ0) is 15.6. The highest BCUT2D eigenvalue weighted by Gasteiger charge is 2.28. The molecule has 0 aromatic heterocycles. The lowest BCUT2D eigenvalue weighted by Crippen LogP contribution is -2.05. The minimum Gasteiger partial charge on any atom is -0.303 e. The van der Waals surface area contributed by atoms with Crippen LogP contribution in [-0.4, -0.2) is 11.2 Å². The van der Waals surface area contributed by atoms with Crippen LogP contribution < -0.4 is 0 Å². The largest absolute Gasteiger partial charge is 0.303 e. The van der Waals surface area contributed by atoms with Gasteiger partial charge in [-0.3, -0.25) is 10.1 Å². The van der Waals surface area contributed by atoms with Crippen molar-refractivity contribution in [2.45, 2.75) is 13.3 Å². The molecule has 2 aromatic carbocycles. The molecule has 0 radical (unpaired) electrons. The molecule has 108 valence electrons. The van der Waals surface area contributed by atoms with Gasteiger partial charge >= 0.3 is 0 Å². The van der Waals surface area contributed by atoms with Gasteiger partial charge in [0.2, 0.25) is 0 Å². The van der Waals surface area contributed by atoms with E-state index in [1.54, 1.807) is 30.3 Å². The summed E-state index contributed by atoms with van der Waals surface area (Å²) in [7, 11) is 0. The fourth-order valence-corrected chi connectivity index (χ4v) is 2.46. The Balaban J connectivity index is 2.93. The van der Waals surface area contributed by atoms with E-state index < -0.39 is 10.7 Å². The average molecular weight is 308 g/mol. The van der Waals surface area contributed by atoms with Gasteiger partial charge in [0.05, 0.1) is 15.5 Å². The van der Waals surface area contributed by atoms with Crippen molar-refractivity contribution in [2.75, 3.05) is 0 Å². The normalized spacial score (nSPS) is 10.4. The number of hydrogen-bond acceptors (Lipinski definition) is 3. The van der Waals surface area contributed by atoms with Crippen LogP contribution in [0.2, 0.25) is 5.02 Å². The Morgan fingerprint density at radius 2 is 1.95 bits per heavy atom. The van der Waals surface area contributed by atoms with Crippen molar-refractivity contribution in [3.05, 3.63) is 62.4 Å². The van der Waals surface area contributed by atoms with Crippen molar-refractivity contribution in [3.8, 4) is 11.1 Å². The summed E-state index contributed by atoms with van der Waals surface area (Å²) in [6.45, 7) is 1.39. The summed E-state index contributed by atoms with van der Waals surface area (Å²) in [6.07, 6.45) is 0.219. The van der Waals surface area contributed by atoms with Crippen LogP contribution in [0.4, 0.5) is 10.1 Å². The van der Waals surface area contributed by atoms with Gasteiger partial charge in [-0.2, -0.15) is 0 Å². The molecule has 0 unspecified atom stereocenters. The van der Waals surface area contributed by atoms with Crippen LogP contribution in [0.15, 0.2) is 30.3 Å². The Kier molecular flexibility index (Phi) is 4.33. The van der Waals surface area contributed by atoms with Crippen molar-refractivity contribution >= 4 is 23.6 Å². The topological polar surface area (TPSA) is 60.2 Å². The zero-order valence-electron chi connectivity index (χ0n) is 11.1. The van der Waals surface area contributed by atoms with Crippen molar-refractivity contribution in [1.82, 2.24) is 0 Å². The van der Waals surface area contributed by atoms with Crippen LogP contribution in [0.5, 0.6) is 0 Å². The Morgan fingerprint density at radius 3 is 2.48 bits per heavy atom. The molecule has 0 fully saturated rings. The second kappa shape index (κ2) is 6.01. The number of carbonyl (C=O) groups is 1. The van der Waals surface area contributed by atoms with Crippen LogP contribution in [0.1, 0.15) is 11.1 Å². The molecule has 0 heterocycles. The summed E-state index contributed by atoms with van der Waals surface area (Å²) < 4.78 is 14.3. The highest BCUT2D eigenvalue weighted by atomic mass is 35.5. The van der Waals surface area contributed by atoms with Crippen LogP contribution in [0.3, 0.4) is 0 Å². The van der Waals surface area contributed by atoms with E-state index in [2.05, 4.69) is 0 Å². The molecule has 0 spiro atoms. The van der Waals surface area contributed by atoms with Gasteiger partial charge in [-0.15, -0.1) is 0 Å². The molecular formula is C15H11ClFNO3. The van der Waals surface area contributed by atoms with Gasteiger partial charge in [-0.25, -0.2) is 4.39 Å². The summed E-state index contributed by atoms with van der Waals surface area (Å²) >= 11 is 5.83. The second-order valence-corrected chi connectivity index (χ2v) is 4.83. The summed E-state index contributed by atoms with van der Waals surface area (Å²) in [5.74, 6) is -0.786. The lowest BCUT2D eigenvalue weighted by Gasteiger charge is -2.13. The minimum atomic E-state index is -0.786. The first-order valence-corrected chi connectivity index (χ1v) is 6.50. The molecular weight excluding hydrogens is 297 g/mol. The van der Waals surface area contributed by atoms with Gasteiger partial charge in [0.1, 0.15) is 12.1 Å². The fourth-order valence-electron chi connectivity index (χ4n) is 2.26. The summed E-state index contributed by atoms with van der Waals surface area (Å²) in [5, 5.41) is 11.1. The molecule has 2 rings (SSSR count). The van der Waals surface area contributed by atoms with Crippen LogP contribution >= 0.6 is 11.6 Å². The Bertz CT molecular complexity index is 717. The molecule has 0 atom stereocenters. The number of carbonyl (C=O) groups excluding carboxylic acids is 1. The average Bonchev–Trinajstić information content (AvgIpc) is 2.48.